The molecule has 1 N–H and O–H groups in total. The van der Waals surface area contributed by atoms with Crippen molar-refractivity contribution in [3.8, 4) is 0 Å². The van der Waals surface area contributed by atoms with Crippen LogP contribution >= 0.6 is 0 Å². The summed E-state index contributed by atoms with van der Waals surface area (Å²) in [6.45, 7) is 3.23. The van der Waals surface area contributed by atoms with Crippen LogP contribution in [0.25, 0.3) is 0 Å². The molecule has 2 heterocycles. The van der Waals surface area contributed by atoms with Gasteiger partial charge in [0.15, 0.2) is 0 Å². The predicted octanol–water partition coefficient (Wildman–Crippen LogP) is 0.266. The Balaban J connectivity index is 2.23. The minimum atomic E-state index is -3.51. The largest absolute Gasteiger partial charge is 0.370 e. The Morgan fingerprint density at radius 2 is 2.11 bits per heavy atom. The Morgan fingerprint density at radius 1 is 1.42 bits per heavy atom. The second kappa shape index (κ2) is 5.98. The summed E-state index contributed by atoms with van der Waals surface area (Å²) in [6.07, 6.45) is 1.48. The molecule has 0 amide bonds. The van der Waals surface area contributed by atoms with E-state index in [1.165, 1.54) is 22.6 Å². The average molecular weight is 303 g/mol. The maximum absolute atomic E-state index is 12.4. The molecule has 1 aromatic rings. The number of aromatic nitrogens is 1. The van der Waals surface area contributed by atoms with E-state index >= 15 is 0 Å². The number of pyridine rings is 1. The molecule has 1 fully saturated rings. The first-order valence-corrected chi connectivity index (χ1v) is 9.02. The van der Waals surface area contributed by atoms with Gasteiger partial charge in [0.05, 0.1) is 4.90 Å². The van der Waals surface area contributed by atoms with Gasteiger partial charge < -0.3 is 5.32 Å². The van der Waals surface area contributed by atoms with Gasteiger partial charge in [-0.3, -0.25) is 4.21 Å². The van der Waals surface area contributed by atoms with Crippen molar-refractivity contribution >= 4 is 26.6 Å². The van der Waals surface area contributed by atoms with Gasteiger partial charge in [-0.25, -0.2) is 13.4 Å². The van der Waals surface area contributed by atoms with E-state index < -0.39 is 20.8 Å². The zero-order valence-corrected chi connectivity index (χ0v) is 12.3. The summed E-state index contributed by atoms with van der Waals surface area (Å²) in [6, 6.07) is 3.02. The van der Waals surface area contributed by atoms with Gasteiger partial charge >= 0.3 is 0 Å². The highest BCUT2D eigenvalue weighted by Crippen LogP contribution is 2.19. The van der Waals surface area contributed by atoms with Crippen LogP contribution in [0, 0.1) is 0 Å². The minimum Gasteiger partial charge on any atom is -0.370 e. The topological polar surface area (TPSA) is 79.4 Å². The molecule has 0 saturated carbocycles. The first-order chi connectivity index (χ1) is 9.04. The van der Waals surface area contributed by atoms with Crippen LogP contribution in [0.3, 0.4) is 0 Å². The number of hydrogen-bond acceptors (Lipinski definition) is 5. The van der Waals surface area contributed by atoms with Crippen molar-refractivity contribution in [1.82, 2.24) is 9.29 Å². The number of nitrogens with zero attached hydrogens (tertiary/aromatic N) is 2. The van der Waals surface area contributed by atoms with E-state index in [1.807, 2.05) is 6.92 Å². The van der Waals surface area contributed by atoms with Crippen LogP contribution in [-0.2, 0) is 20.8 Å². The second-order valence-electron chi connectivity index (χ2n) is 4.16. The molecule has 19 heavy (non-hydrogen) atoms. The van der Waals surface area contributed by atoms with Gasteiger partial charge in [-0.2, -0.15) is 4.31 Å². The molecule has 0 aliphatic carbocycles. The van der Waals surface area contributed by atoms with E-state index in [0.717, 1.165) is 0 Å². The Morgan fingerprint density at radius 3 is 2.74 bits per heavy atom. The monoisotopic (exact) mass is 303 g/mol. The van der Waals surface area contributed by atoms with Crippen LogP contribution in [0.4, 0.5) is 5.82 Å². The van der Waals surface area contributed by atoms with E-state index in [4.69, 9.17) is 0 Å². The molecule has 0 spiro atoms. The molecular formula is C11H17N3O3S2. The number of nitrogens with one attached hydrogen (secondary N) is 1. The molecular weight excluding hydrogens is 286 g/mol. The molecule has 8 heteroatoms. The van der Waals surface area contributed by atoms with Crippen LogP contribution in [0.15, 0.2) is 23.2 Å². The summed E-state index contributed by atoms with van der Waals surface area (Å²) in [7, 11) is -4.40. The van der Waals surface area contributed by atoms with Gasteiger partial charge in [-0.05, 0) is 13.0 Å². The highest BCUT2D eigenvalue weighted by Gasteiger charge is 2.28. The zero-order chi connectivity index (χ0) is 13.9. The molecule has 0 atom stereocenters. The second-order valence-corrected chi connectivity index (χ2v) is 7.79. The highest BCUT2D eigenvalue weighted by atomic mass is 32.2. The minimum absolute atomic E-state index is 0.228. The van der Waals surface area contributed by atoms with Crippen molar-refractivity contribution in [3.63, 3.8) is 0 Å². The summed E-state index contributed by atoms with van der Waals surface area (Å²) in [5, 5.41) is 2.99. The summed E-state index contributed by atoms with van der Waals surface area (Å²) in [5.74, 6) is 1.36. The Bertz CT molecular complexity index is 564. The first kappa shape index (κ1) is 14.4. The molecule has 1 aliphatic heterocycles. The molecule has 0 aromatic carbocycles. The summed E-state index contributed by atoms with van der Waals surface area (Å²) in [5.41, 5.74) is 0. The molecule has 2 rings (SSSR count). The van der Waals surface area contributed by atoms with Gasteiger partial charge in [0, 0.05) is 54.2 Å². The lowest BCUT2D eigenvalue weighted by molar-refractivity contribution is 0.438. The van der Waals surface area contributed by atoms with Crippen molar-refractivity contribution in [1.29, 1.82) is 0 Å². The van der Waals surface area contributed by atoms with Crippen molar-refractivity contribution in [2.75, 3.05) is 36.5 Å². The lowest BCUT2D eigenvalue weighted by Crippen LogP contribution is -2.41. The van der Waals surface area contributed by atoms with Crippen molar-refractivity contribution in [3.05, 3.63) is 18.3 Å². The Kier molecular flexibility index (Phi) is 4.54. The van der Waals surface area contributed by atoms with Gasteiger partial charge in [-0.15, -0.1) is 0 Å². The molecule has 0 radical (unpaired) electrons. The van der Waals surface area contributed by atoms with Crippen LogP contribution in [-0.4, -0.2) is 53.1 Å². The fourth-order valence-electron chi connectivity index (χ4n) is 1.86. The number of anilines is 1. The SMILES string of the molecule is CCNc1cc(S(=O)(=O)N2CCS(=O)CC2)ccn1. The lowest BCUT2D eigenvalue weighted by atomic mass is 10.4. The summed E-state index contributed by atoms with van der Waals surface area (Å²) in [4.78, 5) is 4.29. The molecule has 6 nitrogen and oxygen atoms in total. The fourth-order valence-corrected chi connectivity index (χ4v) is 4.60. The van der Waals surface area contributed by atoms with E-state index in [1.54, 1.807) is 0 Å². The summed E-state index contributed by atoms with van der Waals surface area (Å²) < 4.78 is 37.5. The standard InChI is InChI=1S/C11H17N3O3S2/c1-2-12-11-9-10(3-4-13-11)19(16,17)14-5-7-18(15)8-6-14/h3-4,9H,2,5-8H2,1H3,(H,12,13). The van der Waals surface area contributed by atoms with Crippen LogP contribution in [0.1, 0.15) is 6.92 Å². The van der Waals surface area contributed by atoms with E-state index in [-0.39, 0.29) is 4.90 Å². The van der Waals surface area contributed by atoms with Gasteiger partial charge in [-0.1, -0.05) is 0 Å². The van der Waals surface area contributed by atoms with Gasteiger partial charge in [0.1, 0.15) is 5.82 Å². The lowest BCUT2D eigenvalue weighted by Gasteiger charge is -2.25. The van der Waals surface area contributed by atoms with E-state index in [9.17, 15) is 12.6 Å². The third-order valence-electron chi connectivity index (χ3n) is 2.86. The van der Waals surface area contributed by atoms with Crippen LogP contribution in [0.2, 0.25) is 0 Å². The van der Waals surface area contributed by atoms with Crippen LogP contribution < -0.4 is 5.32 Å². The molecule has 1 aromatic heterocycles. The number of rotatable bonds is 4. The normalized spacial score (nSPS) is 18.4. The van der Waals surface area contributed by atoms with Gasteiger partial charge in [0.25, 0.3) is 0 Å². The quantitative estimate of drug-likeness (QED) is 0.863. The average Bonchev–Trinajstić information content (AvgIpc) is 2.40. The maximum atomic E-state index is 12.4. The fraction of sp³-hybridized carbons (Fsp3) is 0.545. The number of sulfonamides is 1. The zero-order valence-electron chi connectivity index (χ0n) is 10.7. The van der Waals surface area contributed by atoms with Crippen molar-refractivity contribution in [2.45, 2.75) is 11.8 Å². The van der Waals surface area contributed by atoms with E-state index in [2.05, 4.69) is 10.3 Å². The molecule has 106 valence electrons. The maximum Gasteiger partial charge on any atom is 0.243 e. The first-order valence-electron chi connectivity index (χ1n) is 6.09. The highest BCUT2D eigenvalue weighted by molar-refractivity contribution is 7.89. The predicted molar refractivity (Wildman–Crippen MR) is 75.0 cm³/mol. The van der Waals surface area contributed by atoms with Crippen LogP contribution in [0.5, 0.6) is 0 Å². The molecule has 0 bridgehead atoms. The van der Waals surface area contributed by atoms with Gasteiger partial charge in [0.2, 0.25) is 10.0 Å². The Labute approximate surface area is 115 Å². The third-order valence-corrected chi connectivity index (χ3v) is 6.03. The smallest absolute Gasteiger partial charge is 0.243 e. The Hall–Kier alpha value is -0.990. The molecule has 0 unspecified atom stereocenters. The third kappa shape index (κ3) is 3.31. The number of hydrogen-bond donors (Lipinski definition) is 1. The van der Waals surface area contributed by atoms with Crippen molar-refractivity contribution in [2.24, 2.45) is 0 Å². The van der Waals surface area contributed by atoms with E-state index in [0.29, 0.717) is 37.0 Å². The molecule has 1 aliphatic rings. The summed E-state index contributed by atoms with van der Waals surface area (Å²) >= 11 is 0. The van der Waals surface area contributed by atoms with Crippen molar-refractivity contribution < 1.29 is 12.6 Å². The molecule has 1 saturated heterocycles.